The normalized spacial score (nSPS) is 23.8. The van der Waals surface area contributed by atoms with Crippen molar-refractivity contribution < 1.29 is 19.4 Å². The second kappa shape index (κ2) is 4.39. The van der Waals surface area contributed by atoms with Crippen LogP contribution in [0.2, 0.25) is 0 Å². The lowest BCUT2D eigenvalue weighted by Gasteiger charge is -2.48. The molecule has 0 saturated carbocycles. The summed E-state index contributed by atoms with van der Waals surface area (Å²) in [4.78, 5) is 24.4. The molecule has 1 N–H and O–H groups in total. The third kappa shape index (κ3) is 2.60. The number of amides is 1. The summed E-state index contributed by atoms with van der Waals surface area (Å²) in [6, 6.07) is 0. The molecule has 0 aromatic heterocycles. The van der Waals surface area contributed by atoms with E-state index in [0.29, 0.717) is 13.0 Å². The molecule has 0 aromatic carbocycles. The number of likely N-dealkylation sites (tertiary alicyclic amines) is 1. The van der Waals surface area contributed by atoms with E-state index in [-0.39, 0.29) is 6.42 Å². The molecule has 1 aliphatic heterocycles. The smallest absolute Gasteiger partial charge is 0.411 e. The van der Waals surface area contributed by atoms with Gasteiger partial charge in [0.1, 0.15) is 11.1 Å². The van der Waals surface area contributed by atoms with Crippen molar-refractivity contribution in [2.45, 2.75) is 44.8 Å². The first-order chi connectivity index (χ1) is 7.73. The molecule has 0 bridgehead atoms. The molecule has 1 fully saturated rings. The van der Waals surface area contributed by atoms with Gasteiger partial charge in [-0.1, -0.05) is 6.08 Å². The van der Waals surface area contributed by atoms with E-state index in [2.05, 4.69) is 6.58 Å². The number of hydrogen-bond donors (Lipinski definition) is 1. The van der Waals surface area contributed by atoms with E-state index in [1.807, 2.05) is 0 Å². The zero-order valence-corrected chi connectivity index (χ0v) is 10.5. The van der Waals surface area contributed by atoms with Crippen molar-refractivity contribution in [3.05, 3.63) is 12.7 Å². The molecule has 17 heavy (non-hydrogen) atoms. The summed E-state index contributed by atoms with van der Waals surface area (Å²) in [6.07, 6.45) is 1.62. The summed E-state index contributed by atoms with van der Waals surface area (Å²) in [7, 11) is 0. The van der Waals surface area contributed by atoms with Crippen molar-refractivity contribution in [3.8, 4) is 0 Å². The number of ether oxygens (including phenoxy) is 1. The highest BCUT2D eigenvalue weighted by Crippen LogP contribution is 2.35. The Balaban J connectivity index is 2.81. The van der Waals surface area contributed by atoms with Crippen molar-refractivity contribution in [1.29, 1.82) is 0 Å². The Labute approximate surface area is 101 Å². The van der Waals surface area contributed by atoms with Crippen LogP contribution in [-0.4, -0.2) is 39.8 Å². The third-order valence-corrected chi connectivity index (χ3v) is 2.76. The maximum Gasteiger partial charge on any atom is 0.411 e. The largest absolute Gasteiger partial charge is 0.479 e. The summed E-state index contributed by atoms with van der Waals surface area (Å²) in [5.74, 6) is -1.01. The van der Waals surface area contributed by atoms with E-state index in [4.69, 9.17) is 4.74 Å². The fourth-order valence-electron chi connectivity index (χ4n) is 1.84. The molecule has 1 atom stereocenters. The summed E-state index contributed by atoms with van der Waals surface area (Å²) in [5, 5.41) is 9.24. The molecule has 1 aliphatic rings. The van der Waals surface area contributed by atoms with Crippen molar-refractivity contribution in [2.24, 2.45) is 0 Å². The second-order valence-corrected chi connectivity index (χ2v) is 5.21. The van der Waals surface area contributed by atoms with Gasteiger partial charge in [0, 0.05) is 6.54 Å². The molecule has 0 spiro atoms. The van der Waals surface area contributed by atoms with Gasteiger partial charge in [-0.15, -0.1) is 6.58 Å². The maximum absolute atomic E-state index is 11.8. The minimum Gasteiger partial charge on any atom is -0.479 e. The topological polar surface area (TPSA) is 66.8 Å². The number of carbonyl (C=O) groups excluding carboxylic acids is 1. The standard InChI is InChI=1S/C12H19NO4/c1-5-6-12(9(14)15)7-8-13(12)10(16)17-11(2,3)4/h5H,1,6-8H2,2-4H3,(H,14,15). The number of aliphatic carboxylic acids is 1. The highest BCUT2D eigenvalue weighted by atomic mass is 16.6. The van der Waals surface area contributed by atoms with Gasteiger partial charge >= 0.3 is 12.1 Å². The second-order valence-electron chi connectivity index (χ2n) is 5.21. The minimum atomic E-state index is -1.16. The van der Waals surface area contributed by atoms with Crippen molar-refractivity contribution >= 4 is 12.1 Å². The molecular formula is C12H19NO4. The van der Waals surface area contributed by atoms with Gasteiger partial charge in [-0.25, -0.2) is 9.59 Å². The summed E-state index contributed by atoms with van der Waals surface area (Å²) >= 11 is 0. The van der Waals surface area contributed by atoms with Crippen molar-refractivity contribution in [3.63, 3.8) is 0 Å². The first kappa shape index (κ1) is 13.5. The van der Waals surface area contributed by atoms with Crippen LogP contribution >= 0.6 is 0 Å². The van der Waals surface area contributed by atoms with Gasteiger partial charge in [0.25, 0.3) is 0 Å². The highest BCUT2D eigenvalue weighted by molar-refractivity contribution is 5.86. The molecule has 0 radical (unpaired) electrons. The van der Waals surface area contributed by atoms with E-state index >= 15 is 0 Å². The van der Waals surface area contributed by atoms with Gasteiger partial charge < -0.3 is 9.84 Å². The van der Waals surface area contributed by atoms with Gasteiger partial charge in [-0.3, -0.25) is 4.90 Å². The van der Waals surface area contributed by atoms with Crippen molar-refractivity contribution in [1.82, 2.24) is 4.90 Å². The Hall–Kier alpha value is -1.52. The Morgan fingerprint density at radius 1 is 1.53 bits per heavy atom. The summed E-state index contributed by atoms with van der Waals surface area (Å²) in [6.45, 7) is 9.20. The Morgan fingerprint density at radius 2 is 2.12 bits per heavy atom. The van der Waals surface area contributed by atoms with Crippen LogP contribution in [0.4, 0.5) is 4.79 Å². The fraction of sp³-hybridized carbons (Fsp3) is 0.667. The average Bonchev–Trinajstić information content (AvgIpc) is 2.07. The lowest BCUT2D eigenvalue weighted by Crippen LogP contribution is -2.66. The lowest BCUT2D eigenvalue weighted by molar-refractivity contribution is -0.159. The number of carboxylic acid groups (broad SMARTS) is 1. The van der Waals surface area contributed by atoms with Crippen LogP contribution in [0, 0.1) is 0 Å². The third-order valence-electron chi connectivity index (χ3n) is 2.76. The van der Waals surface area contributed by atoms with Gasteiger partial charge in [0.2, 0.25) is 0 Å². The van der Waals surface area contributed by atoms with Gasteiger partial charge in [0.05, 0.1) is 0 Å². The van der Waals surface area contributed by atoms with Gasteiger partial charge in [-0.2, -0.15) is 0 Å². The molecular weight excluding hydrogens is 222 g/mol. The van der Waals surface area contributed by atoms with E-state index < -0.39 is 23.2 Å². The van der Waals surface area contributed by atoms with E-state index in [1.54, 1.807) is 20.8 Å². The van der Waals surface area contributed by atoms with Crippen LogP contribution in [-0.2, 0) is 9.53 Å². The van der Waals surface area contributed by atoms with E-state index in [9.17, 15) is 14.7 Å². The molecule has 5 heteroatoms. The van der Waals surface area contributed by atoms with Crippen LogP contribution in [0.5, 0.6) is 0 Å². The van der Waals surface area contributed by atoms with E-state index in [0.717, 1.165) is 0 Å². The number of hydrogen-bond acceptors (Lipinski definition) is 3. The summed E-state index contributed by atoms with van der Waals surface area (Å²) in [5.41, 5.74) is -1.78. The molecule has 1 rings (SSSR count). The van der Waals surface area contributed by atoms with Crippen LogP contribution in [0.1, 0.15) is 33.6 Å². The number of nitrogens with zero attached hydrogens (tertiary/aromatic N) is 1. The zero-order chi connectivity index (χ0) is 13.3. The Bertz CT molecular complexity index is 345. The Morgan fingerprint density at radius 3 is 2.41 bits per heavy atom. The van der Waals surface area contributed by atoms with Crippen LogP contribution in [0.3, 0.4) is 0 Å². The minimum absolute atomic E-state index is 0.238. The Kier molecular flexibility index (Phi) is 3.50. The number of carboxylic acids is 1. The SMILES string of the molecule is C=CCC1(C(=O)O)CCN1C(=O)OC(C)(C)C. The quantitative estimate of drug-likeness (QED) is 0.768. The predicted octanol–water partition coefficient (Wildman–Crippen LogP) is 2.03. The molecule has 1 amide bonds. The molecule has 0 aliphatic carbocycles. The molecule has 1 heterocycles. The molecule has 0 aromatic rings. The van der Waals surface area contributed by atoms with Gasteiger partial charge in [-0.05, 0) is 33.6 Å². The van der Waals surface area contributed by atoms with Gasteiger partial charge in [0.15, 0.2) is 0 Å². The predicted molar refractivity (Wildman–Crippen MR) is 62.7 cm³/mol. The molecule has 96 valence electrons. The maximum atomic E-state index is 11.8. The summed E-state index contributed by atoms with van der Waals surface area (Å²) < 4.78 is 5.18. The van der Waals surface area contributed by atoms with Crippen LogP contribution in [0.15, 0.2) is 12.7 Å². The monoisotopic (exact) mass is 241 g/mol. The first-order valence-electron chi connectivity index (χ1n) is 5.58. The van der Waals surface area contributed by atoms with Crippen LogP contribution in [0.25, 0.3) is 0 Å². The molecule has 1 unspecified atom stereocenters. The zero-order valence-electron chi connectivity index (χ0n) is 10.5. The fourth-order valence-corrected chi connectivity index (χ4v) is 1.84. The first-order valence-corrected chi connectivity index (χ1v) is 5.58. The average molecular weight is 241 g/mol. The number of carbonyl (C=O) groups is 2. The van der Waals surface area contributed by atoms with Crippen molar-refractivity contribution in [2.75, 3.05) is 6.54 Å². The molecule has 1 saturated heterocycles. The molecule has 5 nitrogen and oxygen atoms in total. The van der Waals surface area contributed by atoms with E-state index in [1.165, 1.54) is 11.0 Å². The lowest BCUT2D eigenvalue weighted by atomic mass is 9.82. The number of rotatable bonds is 3. The highest BCUT2D eigenvalue weighted by Gasteiger charge is 2.54. The van der Waals surface area contributed by atoms with Crippen LogP contribution < -0.4 is 0 Å².